The molecule has 0 aliphatic carbocycles. The average Bonchev–Trinajstić information content (AvgIpc) is 2.44. The molecule has 2 aromatic carbocycles. The van der Waals surface area contributed by atoms with Crippen LogP contribution >= 0.6 is 0 Å². The maximum absolute atomic E-state index is 5.96. The molecule has 0 spiro atoms. The Kier molecular flexibility index (Phi) is 5.02. The Balaban J connectivity index is 1.79. The van der Waals surface area contributed by atoms with Crippen LogP contribution in [0.3, 0.4) is 0 Å². The van der Waals surface area contributed by atoms with Crippen LogP contribution in [0.5, 0.6) is 0 Å². The molecule has 0 unspecified atom stereocenters. The molecule has 3 nitrogen and oxygen atoms in total. The minimum Gasteiger partial charge on any atom is -0.399 e. The van der Waals surface area contributed by atoms with E-state index in [2.05, 4.69) is 36.2 Å². The Morgan fingerprint density at radius 3 is 2.50 bits per heavy atom. The predicted octanol–water partition coefficient (Wildman–Crippen LogP) is 2.92. The molecule has 4 N–H and O–H groups in total. The fourth-order valence-corrected chi connectivity index (χ4v) is 2.36. The molecule has 0 radical (unpaired) electrons. The van der Waals surface area contributed by atoms with Gasteiger partial charge in [-0.15, -0.1) is 0 Å². The van der Waals surface area contributed by atoms with Crippen LogP contribution in [-0.4, -0.2) is 18.5 Å². The molecule has 0 amide bonds. The van der Waals surface area contributed by atoms with Gasteiger partial charge in [-0.05, 0) is 55.8 Å². The van der Waals surface area contributed by atoms with Crippen molar-refractivity contribution >= 4 is 11.4 Å². The fourth-order valence-electron chi connectivity index (χ4n) is 2.36. The van der Waals surface area contributed by atoms with Crippen LogP contribution in [0.15, 0.2) is 48.5 Å². The first-order valence-corrected chi connectivity index (χ1v) is 7.01. The summed E-state index contributed by atoms with van der Waals surface area (Å²) in [6.07, 6.45) is 2.05. The highest BCUT2D eigenvalue weighted by Crippen LogP contribution is 2.17. The van der Waals surface area contributed by atoms with E-state index < -0.39 is 0 Å². The highest BCUT2D eigenvalue weighted by Gasteiger charge is 2.03. The second kappa shape index (κ2) is 6.96. The molecule has 0 saturated heterocycles. The van der Waals surface area contributed by atoms with Crippen molar-refractivity contribution < 1.29 is 0 Å². The lowest BCUT2D eigenvalue weighted by Gasteiger charge is -2.17. The fraction of sp³-hybridized carbons (Fsp3) is 0.294. The van der Waals surface area contributed by atoms with Crippen molar-refractivity contribution in [1.82, 2.24) is 4.90 Å². The summed E-state index contributed by atoms with van der Waals surface area (Å²) < 4.78 is 0. The van der Waals surface area contributed by atoms with Crippen LogP contribution in [0.25, 0.3) is 0 Å². The molecule has 2 rings (SSSR count). The van der Waals surface area contributed by atoms with E-state index in [-0.39, 0.29) is 0 Å². The van der Waals surface area contributed by atoms with E-state index in [1.54, 1.807) is 0 Å². The van der Waals surface area contributed by atoms with E-state index in [0.717, 1.165) is 42.9 Å². The zero-order chi connectivity index (χ0) is 14.4. The summed E-state index contributed by atoms with van der Waals surface area (Å²) in [6.45, 7) is 2.02. The van der Waals surface area contributed by atoms with Crippen molar-refractivity contribution in [3.05, 3.63) is 59.7 Å². The molecular weight excluding hydrogens is 246 g/mol. The number of hydrogen-bond acceptors (Lipinski definition) is 3. The number of nitrogens with zero attached hydrogens (tertiary/aromatic N) is 1. The molecule has 0 fully saturated rings. The zero-order valence-electron chi connectivity index (χ0n) is 12.0. The standard InChI is InChI=1S/C17H23N3/c1-20(13-14-6-3-2-4-7-14)11-5-8-15-12-16(18)9-10-17(15)19/h2-4,6-7,9-10,12H,5,8,11,13,18-19H2,1H3. The van der Waals surface area contributed by atoms with E-state index in [1.165, 1.54) is 5.56 Å². The number of nitrogen functional groups attached to an aromatic ring is 2. The molecule has 0 aliphatic heterocycles. The molecule has 0 bridgehead atoms. The van der Waals surface area contributed by atoms with Gasteiger partial charge in [-0.3, -0.25) is 0 Å². The molecule has 0 aromatic heterocycles. The zero-order valence-corrected chi connectivity index (χ0v) is 12.0. The topological polar surface area (TPSA) is 55.3 Å². The van der Waals surface area contributed by atoms with E-state index >= 15 is 0 Å². The summed E-state index contributed by atoms with van der Waals surface area (Å²) in [5.74, 6) is 0. The van der Waals surface area contributed by atoms with E-state index in [0.29, 0.717) is 0 Å². The number of rotatable bonds is 6. The maximum Gasteiger partial charge on any atom is 0.0348 e. The smallest absolute Gasteiger partial charge is 0.0348 e. The van der Waals surface area contributed by atoms with Crippen molar-refractivity contribution in [3.8, 4) is 0 Å². The van der Waals surface area contributed by atoms with Gasteiger partial charge in [-0.2, -0.15) is 0 Å². The summed E-state index contributed by atoms with van der Waals surface area (Å²) in [7, 11) is 2.15. The summed E-state index contributed by atoms with van der Waals surface area (Å²) in [5, 5.41) is 0. The predicted molar refractivity (Wildman–Crippen MR) is 86.4 cm³/mol. The van der Waals surface area contributed by atoms with Gasteiger partial charge in [0.25, 0.3) is 0 Å². The van der Waals surface area contributed by atoms with Crippen molar-refractivity contribution in [1.29, 1.82) is 0 Å². The first-order valence-electron chi connectivity index (χ1n) is 7.01. The van der Waals surface area contributed by atoms with E-state index in [9.17, 15) is 0 Å². The Hall–Kier alpha value is -2.00. The van der Waals surface area contributed by atoms with Gasteiger partial charge in [0.1, 0.15) is 0 Å². The summed E-state index contributed by atoms with van der Waals surface area (Å²) >= 11 is 0. The van der Waals surface area contributed by atoms with Crippen molar-refractivity contribution in [2.24, 2.45) is 0 Å². The van der Waals surface area contributed by atoms with E-state index in [1.807, 2.05) is 24.3 Å². The lowest BCUT2D eigenvalue weighted by Crippen LogP contribution is -2.19. The molecular formula is C17H23N3. The maximum atomic E-state index is 5.96. The molecule has 3 heteroatoms. The van der Waals surface area contributed by atoms with Crippen LogP contribution in [0.4, 0.5) is 11.4 Å². The minimum atomic E-state index is 0.784. The van der Waals surface area contributed by atoms with Crippen LogP contribution in [0.1, 0.15) is 17.5 Å². The van der Waals surface area contributed by atoms with Gasteiger partial charge in [0.2, 0.25) is 0 Å². The van der Waals surface area contributed by atoms with Crippen LogP contribution < -0.4 is 11.5 Å². The SMILES string of the molecule is CN(CCCc1cc(N)ccc1N)Cc1ccccc1. The molecule has 0 heterocycles. The minimum absolute atomic E-state index is 0.784. The second-order valence-corrected chi connectivity index (χ2v) is 5.29. The number of nitrogens with two attached hydrogens (primary N) is 2. The number of benzene rings is 2. The highest BCUT2D eigenvalue weighted by atomic mass is 15.1. The Morgan fingerprint density at radius 1 is 1.00 bits per heavy atom. The molecule has 0 atom stereocenters. The van der Waals surface area contributed by atoms with Gasteiger partial charge in [0, 0.05) is 17.9 Å². The third kappa shape index (κ3) is 4.28. The third-order valence-electron chi connectivity index (χ3n) is 3.45. The van der Waals surface area contributed by atoms with Crippen LogP contribution in [0.2, 0.25) is 0 Å². The Bertz CT molecular complexity index is 537. The van der Waals surface area contributed by atoms with Crippen LogP contribution in [0, 0.1) is 0 Å². The molecule has 106 valence electrons. The number of anilines is 2. The largest absolute Gasteiger partial charge is 0.399 e. The number of hydrogen-bond donors (Lipinski definition) is 2. The lowest BCUT2D eigenvalue weighted by atomic mass is 10.1. The summed E-state index contributed by atoms with van der Waals surface area (Å²) in [5.41, 5.74) is 15.9. The first kappa shape index (κ1) is 14.4. The monoisotopic (exact) mass is 269 g/mol. The first-order chi connectivity index (χ1) is 9.65. The average molecular weight is 269 g/mol. The molecule has 0 aliphatic rings. The van der Waals surface area contributed by atoms with Gasteiger partial charge in [0.05, 0.1) is 0 Å². The second-order valence-electron chi connectivity index (χ2n) is 5.29. The van der Waals surface area contributed by atoms with Gasteiger partial charge in [-0.25, -0.2) is 0 Å². The molecule has 20 heavy (non-hydrogen) atoms. The van der Waals surface area contributed by atoms with Gasteiger partial charge in [0.15, 0.2) is 0 Å². The quantitative estimate of drug-likeness (QED) is 0.793. The molecule has 2 aromatic rings. The van der Waals surface area contributed by atoms with Crippen LogP contribution in [-0.2, 0) is 13.0 Å². The normalized spacial score (nSPS) is 10.9. The van der Waals surface area contributed by atoms with Crippen molar-refractivity contribution in [3.63, 3.8) is 0 Å². The molecule has 0 saturated carbocycles. The Morgan fingerprint density at radius 2 is 1.75 bits per heavy atom. The highest BCUT2D eigenvalue weighted by molar-refractivity contribution is 5.55. The third-order valence-corrected chi connectivity index (χ3v) is 3.45. The van der Waals surface area contributed by atoms with Gasteiger partial charge in [-0.1, -0.05) is 30.3 Å². The van der Waals surface area contributed by atoms with Gasteiger partial charge >= 0.3 is 0 Å². The van der Waals surface area contributed by atoms with Gasteiger partial charge < -0.3 is 16.4 Å². The number of aryl methyl sites for hydroxylation is 1. The lowest BCUT2D eigenvalue weighted by molar-refractivity contribution is 0.322. The summed E-state index contributed by atoms with van der Waals surface area (Å²) in [6, 6.07) is 16.2. The van der Waals surface area contributed by atoms with Crippen molar-refractivity contribution in [2.45, 2.75) is 19.4 Å². The Labute approximate surface area is 121 Å². The summed E-state index contributed by atoms with van der Waals surface area (Å²) in [4.78, 5) is 2.33. The van der Waals surface area contributed by atoms with E-state index in [4.69, 9.17) is 11.5 Å². The van der Waals surface area contributed by atoms with Crippen molar-refractivity contribution in [2.75, 3.05) is 25.1 Å².